The summed E-state index contributed by atoms with van der Waals surface area (Å²) in [5.74, 6) is -1.16. The van der Waals surface area contributed by atoms with Crippen LogP contribution in [0.3, 0.4) is 0 Å². The van der Waals surface area contributed by atoms with Gasteiger partial charge in [-0.25, -0.2) is 17.9 Å². The molecule has 2 aromatic carbocycles. The first kappa shape index (κ1) is 21.7. The topological polar surface area (TPSA) is 92.8 Å². The molecule has 1 fully saturated rings. The van der Waals surface area contributed by atoms with Gasteiger partial charge >= 0.3 is 5.97 Å². The molecule has 158 valence electrons. The van der Waals surface area contributed by atoms with Crippen LogP contribution in [0.4, 0.5) is 0 Å². The maximum absolute atomic E-state index is 12.8. The zero-order valence-electron chi connectivity index (χ0n) is 16.9. The summed E-state index contributed by atoms with van der Waals surface area (Å²) in [6.07, 6.45) is -0.188. The minimum Gasteiger partial charge on any atom is -0.456 e. The monoisotopic (exact) mass is 428 g/mol. The van der Waals surface area contributed by atoms with Crippen molar-refractivity contribution in [1.82, 2.24) is 9.62 Å². The van der Waals surface area contributed by atoms with E-state index in [1.54, 1.807) is 26.0 Å². The summed E-state index contributed by atoms with van der Waals surface area (Å²) in [7, 11) is -3.87. The Morgan fingerprint density at radius 1 is 1.03 bits per heavy atom. The van der Waals surface area contributed by atoms with Gasteiger partial charge in [-0.1, -0.05) is 60.7 Å². The van der Waals surface area contributed by atoms with Crippen molar-refractivity contribution in [2.75, 3.05) is 0 Å². The van der Waals surface area contributed by atoms with E-state index in [-0.39, 0.29) is 25.3 Å². The minimum absolute atomic E-state index is 0.0299. The molecule has 7 nitrogen and oxygen atoms in total. The highest BCUT2D eigenvalue weighted by Gasteiger charge is 2.49. The van der Waals surface area contributed by atoms with E-state index >= 15 is 0 Å². The quantitative estimate of drug-likeness (QED) is 0.396. The first-order chi connectivity index (χ1) is 14.3. The van der Waals surface area contributed by atoms with Gasteiger partial charge in [0.1, 0.15) is 12.3 Å². The van der Waals surface area contributed by atoms with Crippen LogP contribution in [-0.2, 0) is 37.5 Å². The molecule has 1 atom stereocenters. The minimum atomic E-state index is -3.87. The standard InChI is InChI=1S/C22H24N2O5S/c1-16(2)21(22(26)29-15-18-11-7-4-8-12-18)24-19(25)13-20(24)30(27,28)23-14-17-9-5-3-6-10-17/h3-12,20,23H,13-15H2,1-2H3. The van der Waals surface area contributed by atoms with Crippen LogP contribution in [0.5, 0.6) is 0 Å². The third-order valence-electron chi connectivity index (χ3n) is 4.71. The smallest absolute Gasteiger partial charge is 0.355 e. The fourth-order valence-electron chi connectivity index (χ4n) is 3.12. The molecule has 1 saturated heterocycles. The lowest BCUT2D eigenvalue weighted by atomic mass is 10.1. The second kappa shape index (κ2) is 9.23. The summed E-state index contributed by atoms with van der Waals surface area (Å²) in [5, 5.41) is -1.15. The number of β-lactam (4-membered cyclic amide) rings is 1. The van der Waals surface area contributed by atoms with Crippen LogP contribution in [0.1, 0.15) is 31.4 Å². The average molecular weight is 429 g/mol. The predicted octanol–water partition coefficient (Wildman–Crippen LogP) is 2.70. The molecule has 1 aliphatic heterocycles. The van der Waals surface area contributed by atoms with Gasteiger partial charge in [-0.3, -0.25) is 9.69 Å². The number of carbonyl (C=O) groups excluding carboxylic acids is 2. The van der Waals surface area contributed by atoms with Crippen LogP contribution < -0.4 is 4.72 Å². The highest BCUT2D eigenvalue weighted by molar-refractivity contribution is 7.90. The van der Waals surface area contributed by atoms with Gasteiger partial charge in [0.15, 0.2) is 5.37 Å². The third kappa shape index (κ3) is 4.95. The Kier molecular flexibility index (Phi) is 6.69. The normalized spacial score (nSPS) is 16.0. The molecule has 1 aliphatic rings. The molecule has 0 bridgehead atoms. The number of rotatable bonds is 8. The van der Waals surface area contributed by atoms with E-state index < -0.39 is 27.3 Å². The lowest BCUT2D eigenvalue weighted by Gasteiger charge is -2.40. The van der Waals surface area contributed by atoms with Crippen LogP contribution in [0, 0.1) is 0 Å². The van der Waals surface area contributed by atoms with E-state index in [9.17, 15) is 18.0 Å². The SMILES string of the molecule is CC(C)=C(C(=O)OCc1ccccc1)N1C(=O)CC1S(=O)(=O)NCc1ccccc1. The second-order valence-electron chi connectivity index (χ2n) is 7.18. The molecule has 0 saturated carbocycles. The van der Waals surface area contributed by atoms with Gasteiger partial charge in [-0.2, -0.15) is 0 Å². The summed E-state index contributed by atoms with van der Waals surface area (Å²) in [6, 6.07) is 18.2. The van der Waals surface area contributed by atoms with Crippen molar-refractivity contribution in [3.8, 4) is 0 Å². The number of likely N-dealkylation sites (tertiary alicyclic amines) is 1. The van der Waals surface area contributed by atoms with Gasteiger partial charge in [-0.05, 0) is 30.5 Å². The molecular formula is C22H24N2O5S. The number of hydrogen-bond donors (Lipinski definition) is 1. The highest BCUT2D eigenvalue weighted by atomic mass is 32.2. The van der Waals surface area contributed by atoms with E-state index in [0.717, 1.165) is 16.0 Å². The molecule has 2 aromatic rings. The number of ether oxygens (including phenoxy) is 1. The number of esters is 1. The summed E-state index contributed by atoms with van der Waals surface area (Å²) >= 11 is 0. The number of nitrogens with one attached hydrogen (secondary N) is 1. The van der Waals surface area contributed by atoms with Crippen molar-refractivity contribution in [3.63, 3.8) is 0 Å². The molecule has 1 unspecified atom stereocenters. The van der Waals surface area contributed by atoms with Crippen molar-refractivity contribution < 1.29 is 22.7 Å². The van der Waals surface area contributed by atoms with Crippen molar-refractivity contribution in [2.45, 2.75) is 38.8 Å². The Morgan fingerprint density at radius 2 is 1.60 bits per heavy atom. The molecule has 0 spiro atoms. The van der Waals surface area contributed by atoms with E-state index in [2.05, 4.69) is 4.72 Å². The van der Waals surface area contributed by atoms with Gasteiger partial charge < -0.3 is 4.74 Å². The van der Waals surface area contributed by atoms with Gasteiger partial charge in [-0.15, -0.1) is 0 Å². The maximum Gasteiger partial charge on any atom is 0.355 e. The van der Waals surface area contributed by atoms with E-state index in [0.29, 0.717) is 5.57 Å². The number of hydrogen-bond acceptors (Lipinski definition) is 5. The zero-order chi connectivity index (χ0) is 21.7. The van der Waals surface area contributed by atoms with Crippen LogP contribution in [-0.4, -0.2) is 30.6 Å². The fraction of sp³-hybridized carbons (Fsp3) is 0.273. The third-order valence-corrected chi connectivity index (χ3v) is 6.35. The molecular weight excluding hydrogens is 404 g/mol. The largest absolute Gasteiger partial charge is 0.456 e. The van der Waals surface area contributed by atoms with Gasteiger partial charge in [0.05, 0.1) is 6.42 Å². The van der Waals surface area contributed by atoms with Crippen LogP contribution in [0.25, 0.3) is 0 Å². The number of allylic oxidation sites excluding steroid dienone is 1. The Hall–Kier alpha value is -2.97. The van der Waals surface area contributed by atoms with Gasteiger partial charge in [0.2, 0.25) is 15.9 Å². The van der Waals surface area contributed by atoms with Crippen molar-refractivity contribution in [3.05, 3.63) is 83.1 Å². The number of sulfonamides is 1. The Balaban J connectivity index is 1.72. The Morgan fingerprint density at radius 3 is 2.13 bits per heavy atom. The van der Waals surface area contributed by atoms with E-state index in [4.69, 9.17) is 4.74 Å². The number of benzene rings is 2. The van der Waals surface area contributed by atoms with E-state index in [1.807, 2.05) is 48.5 Å². The first-order valence-electron chi connectivity index (χ1n) is 9.52. The Bertz CT molecular complexity index is 1050. The summed E-state index contributed by atoms with van der Waals surface area (Å²) in [4.78, 5) is 26.0. The Labute approximate surface area is 176 Å². The van der Waals surface area contributed by atoms with Gasteiger partial charge in [0.25, 0.3) is 0 Å². The molecule has 1 heterocycles. The summed E-state index contributed by atoms with van der Waals surface area (Å²) in [5.41, 5.74) is 2.06. The molecule has 0 radical (unpaired) electrons. The molecule has 30 heavy (non-hydrogen) atoms. The van der Waals surface area contributed by atoms with Crippen molar-refractivity contribution in [1.29, 1.82) is 0 Å². The maximum atomic E-state index is 12.8. The van der Waals surface area contributed by atoms with Crippen LogP contribution in [0.15, 0.2) is 71.9 Å². The molecule has 0 aliphatic carbocycles. The highest BCUT2D eigenvalue weighted by Crippen LogP contribution is 2.31. The summed E-state index contributed by atoms with van der Waals surface area (Å²) in [6.45, 7) is 3.42. The summed E-state index contributed by atoms with van der Waals surface area (Å²) < 4.78 is 33.4. The predicted molar refractivity (Wildman–Crippen MR) is 112 cm³/mol. The van der Waals surface area contributed by atoms with Crippen molar-refractivity contribution >= 4 is 21.9 Å². The average Bonchev–Trinajstić information content (AvgIpc) is 2.73. The lowest BCUT2D eigenvalue weighted by Crippen LogP contribution is -2.59. The lowest BCUT2D eigenvalue weighted by molar-refractivity contribution is -0.150. The van der Waals surface area contributed by atoms with E-state index in [1.165, 1.54) is 0 Å². The zero-order valence-corrected chi connectivity index (χ0v) is 17.7. The number of carbonyl (C=O) groups is 2. The van der Waals surface area contributed by atoms with Crippen molar-refractivity contribution in [2.24, 2.45) is 0 Å². The van der Waals surface area contributed by atoms with Crippen LogP contribution in [0.2, 0.25) is 0 Å². The second-order valence-corrected chi connectivity index (χ2v) is 9.11. The van der Waals surface area contributed by atoms with Gasteiger partial charge in [0, 0.05) is 6.54 Å². The number of amides is 1. The molecule has 0 aromatic heterocycles. The van der Waals surface area contributed by atoms with Crippen LogP contribution >= 0.6 is 0 Å². The molecule has 1 amide bonds. The molecule has 8 heteroatoms. The fourth-order valence-corrected chi connectivity index (χ4v) is 4.54. The first-order valence-corrected chi connectivity index (χ1v) is 11.1. The molecule has 1 N–H and O–H groups in total. The number of nitrogens with zero attached hydrogens (tertiary/aromatic N) is 1. The molecule has 3 rings (SSSR count).